The van der Waals surface area contributed by atoms with E-state index in [0.717, 1.165) is 48.0 Å². The molecule has 7 heteroatoms. The van der Waals surface area contributed by atoms with E-state index in [0.29, 0.717) is 26.2 Å². The molecule has 3 rings (SSSR count). The van der Waals surface area contributed by atoms with Crippen LogP contribution in [-0.2, 0) is 34.0 Å². The first-order valence-corrected chi connectivity index (χ1v) is 14.3. The van der Waals surface area contributed by atoms with Crippen LogP contribution in [0.5, 0.6) is 0 Å². The van der Waals surface area contributed by atoms with E-state index in [1.807, 2.05) is 53.4 Å². The fraction of sp³-hybridized carbons (Fsp3) is 0.419. The van der Waals surface area contributed by atoms with E-state index in [9.17, 15) is 9.59 Å². The number of rotatable bonds is 16. The zero-order valence-corrected chi connectivity index (χ0v) is 24.2. The molecule has 1 heterocycles. The molecule has 0 radical (unpaired) electrons. The summed E-state index contributed by atoms with van der Waals surface area (Å²) in [5.74, 6) is -0.167. The number of hydrogen-bond acceptors (Lipinski definition) is 3. The highest BCUT2D eigenvalue weighted by Crippen LogP contribution is 2.15. The lowest BCUT2D eigenvalue weighted by Crippen LogP contribution is -2.44. The lowest BCUT2D eigenvalue weighted by Gasteiger charge is -2.28. The molecule has 0 saturated carbocycles. The van der Waals surface area contributed by atoms with E-state index in [1.165, 1.54) is 5.56 Å². The second kappa shape index (κ2) is 16.1. The van der Waals surface area contributed by atoms with Crippen LogP contribution in [0.2, 0.25) is 0 Å². The molecule has 2 amide bonds. The molecule has 38 heavy (non-hydrogen) atoms. The number of carbonyl (C=O) groups is 2. The van der Waals surface area contributed by atoms with Gasteiger partial charge in [0, 0.05) is 36.0 Å². The van der Waals surface area contributed by atoms with Gasteiger partial charge in [0.15, 0.2) is 0 Å². The Hall–Kier alpha value is -2.90. The number of amides is 2. The SMILES string of the molecule is CCCCN(CC(=O)N(CCCC)Cc1cccn1Cc1ccc(Br)cc1)C(=O)COCc1ccccc1. The molecule has 1 aromatic heterocycles. The van der Waals surface area contributed by atoms with Crippen molar-refractivity contribution in [2.24, 2.45) is 0 Å². The summed E-state index contributed by atoms with van der Waals surface area (Å²) in [6.45, 7) is 7.11. The van der Waals surface area contributed by atoms with E-state index in [4.69, 9.17) is 4.74 Å². The van der Waals surface area contributed by atoms with Crippen molar-refractivity contribution in [1.29, 1.82) is 0 Å². The Morgan fingerprint density at radius 1 is 0.816 bits per heavy atom. The highest BCUT2D eigenvalue weighted by molar-refractivity contribution is 9.10. The van der Waals surface area contributed by atoms with Crippen molar-refractivity contribution in [2.75, 3.05) is 26.2 Å². The molecule has 6 nitrogen and oxygen atoms in total. The molecule has 0 spiro atoms. The highest BCUT2D eigenvalue weighted by atomic mass is 79.9. The van der Waals surface area contributed by atoms with Gasteiger partial charge in [0.1, 0.15) is 6.61 Å². The predicted octanol–water partition coefficient (Wildman–Crippen LogP) is 6.27. The Kier molecular flexibility index (Phi) is 12.6. The van der Waals surface area contributed by atoms with E-state index in [1.54, 1.807) is 4.90 Å². The number of carbonyl (C=O) groups excluding carboxylic acids is 2. The Bertz CT molecular complexity index is 1110. The number of unbranched alkanes of at least 4 members (excludes halogenated alkanes) is 2. The summed E-state index contributed by atoms with van der Waals surface area (Å²) in [5.41, 5.74) is 3.30. The Morgan fingerprint density at radius 3 is 2.18 bits per heavy atom. The average molecular weight is 583 g/mol. The Balaban J connectivity index is 1.64. The van der Waals surface area contributed by atoms with Gasteiger partial charge in [0.05, 0.1) is 19.7 Å². The molecule has 0 N–H and O–H groups in total. The van der Waals surface area contributed by atoms with Crippen molar-refractivity contribution < 1.29 is 14.3 Å². The molecule has 2 aromatic carbocycles. The average Bonchev–Trinajstić information content (AvgIpc) is 3.36. The van der Waals surface area contributed by atoms with Crippen molar-refractivity contribution in [3.05, 3.63) is 94.2 Å². The molecule has 0 fully saturated rings. The van der Waals surface area contributed by atoms with Crippen molar-refractivity contribution in [1.82, 2.24) is 14.4 Å². The van der Waals surface area contributed by atoms with Crippen molar-refractivity contribution in [3.8, 4) is 0 Å². The Morgan fingerprint density at radius 2 is 1.50 bits per heavy atom. The number of benzene rings is 2. The molecule has 0 unspecified atom stereocenters. The van der Waals surface area contributed by atoms with Gasteiger partial charge in [-0.3, -0.25) is 9.59 Å². The number of ether oxygens (including phenoxy) is 1. The second-order valence-electron chi connectivity index (χ2n) is 9.57. The standard InChI is InChI=1S/C31H40BrN3O3/c1-3-5-18-34(22-29-13-10-20-33(29)21-26-14-16-28(32)17-15-26)30(36)23-35(19-6-4-2)31(37)25-38-24-27-11-8-7-9-12-27/h7-17,20H,3-6,18-19,21-25H2,1-2H3. The number of hydrogen-bond donors (Lipinski definition) is 0. The topological polar surface area (TPSA) is 54.8 Å². The van der Waals surface area contributed by atoms with Gasteiger partial charge in [-0.1, -0.05) is 85.1 Å². The predicted molar refractivity (Wildman–Crippen MR) is 156 cm³/mol. The molecular formula is C31H40BrN3O3. The summed E-state index contributed by atoms with van der Waals surface area (Å²) < 4.78 is 8.93. The van der Waals surface area contributed by atoms with Crippen LogP contribution in [0.4, 0.5) is 0 Å². The maximum Gasteiger partial charge on any atom is 0.249 e. The molecule has 0 saturated heterocycles. The summed E-state index contributed by atoms with van der Waals surface area (Å²) in [6.07, 6.45) is 5.77. The van der Waals surface area contributed by atoms with Crippen LogP contribution >= 0.6 is 15.9 Å². The van der Waals surface area contributed by atoms with Gasteiger partial charge in [0.2, 0.25) is 11.8 Å². The molecular weight excluding hydrogens is 542 g/mol. The van der Waals surface area contributed by atoms with E-state index >= 15 is 0 Å². The minimum atomic E-state index is -0.142. The summed E-state index contributed by atoms with van der Waals surface area (Å²) >= 11 is 3.49. The second-order valence-corrected chi connectivity index (χ2v) is 10.5. The van der Waals surface area contributed by atoms with Crippen LogP contribution in [-0.4, -0.2) is 52.4 Å². The van der Waals surface area contributed by atoms with Gasteiger partial charge in [0.25, 0.3) is 0 Å². The van der Waals surface area contributed by atoms with Crippen LogP contribution in [0.3, 0.4) is 0 Å². The largest absolute Gasteiger partial charge is 0.367 e. The maximum absolute atomic E-state index is 13.5. The normalized spacial score (nSPS) is 10.9. The van der Waals surface area contributed by atoms with Gasteiger partial charge in [-0.2, -0.15) is 0 Å². The van der Waals surface area contributed by atoms with Gasteiger partial charge >= 0.3 is 0 Å². The fourth-order valence-corrected chi connectivity index (χ4v) is 4.46. The van der Waals surface area contributed by atoms with Crippen molar-refractivity contribution in [2.45, 2.75) is 59.2 Å². The lowest BCUT2D eigenvalue weighted by molar-refractivity contribution is -0.144. The van der Waals surface area contributed by atoms with Gasteiger partial charge in [-0.25, -0.2) is 0 Å². The van der Waals surface area contributed by atoms with Crippen LogP contribution in [0, 0.1) is 0 Å². The lowest BCUT2D eigenvalue weighted by atomic mass is 10.2. The van der Waals surface area contributed by atoms with Gasteiger partial charge in [-0.05, 0) is 48.2 Å². The third-order valence-corrected chi connectivity index (χ3v) is 7.00. The third kappa shape index (κ3) is 9.76. The monoisotopic (exact) mass is 581 g/mol. The van der Waals surface area contributed by atoms with Crippen LogP contribution < -0.4 is 0 Å². The fourth-order valence-electron chi connectivity index (χ4n) is 4.20. The van der Waals surface area contributed by atoms with E-state index < -0.39 is 0 Å². The smallest absolute Gasteiger partial charge is 0.249 e. The highest BCUT2D eigenvalue weighted by Gasteiger charge is 2.22. The minimum absolute atomic E-state index is 0.0256. The van der Waals surface area contributed by atoms with Crippen molar-refractivity contribution in [3.63, 3.8) is 0 Å². The van der Waals surface area contributed by atoms with Crippen molar-refractivity contribution >= 4 is 27.7 Å². The third-order valence-electron chi connectivity index (χ3n) is 6.47. The first kappa shape index (κ1) is 29.7. The number of halogens is 1. The summed E-state index contributed by atoms with van der Waals surface area (Å²) in [4.78, 5) is 30.1. The van der Waals surface area contributed by atoms with Crippen LogP contribution in [0.25, 0.3) is 0 Å². The zero-order valence-electron chi connectivity index (χ0n) is 22.7. The quantitative estimate of drug-likeness (QED) is 0.200. The molecule has 0 aliphatic heterocycles. The molecule has 204 valence electrons. The van der Waals surface area contributed by atoms with E-state index in [2.05, 4.69) is 58.7 Å². The Labute approximate surface area is 235 Å². The minimum Gasteiger partial charge on any atom is -0.367 e. The summed E-state index contributed by atoms with van der Waals surface area (Å²) in [6, 6.07) is 22.2. The van der Waals surface area contributed by atoms with Gasteiger partial charge < -0.3 is 19.1 Å². The molecule has 0 bridgehead atoms. The molecule has 0 aliphatic carbocycles. The zero-order chi connectivity index (χ0) is 27.2. The van der Waals surface area contributed by atoms with Crippen LogP contribution in [0.1, 0.15) is 56.4 Å². The van der Waals surface area contributed by atoms with Crippen LogP contribution in [0.15, 0.2) is 77.4 Å². The van der Waals surface area contributed by atoms with Gasteiger partial charge in [-0.15, -0.1) is 0 Å². The summed E-state index contributed by atoms with van der Waals surface area (Å²) in [5, 5.41) is 0. The maximum atomic E-state index is 13.5. The number of nitrogens with zero attached hydrogens (tertiary/aromatic N) is 3. The number of aromatic nitrogens is 1. The molecule has 3 aromatic rings. The molecule has 0 atom stereocenters. The molecule has 0 aliphatic rings. The summed E-state index contributed by atoms with van der Waals surface area (Å²) in [7, 11) is 0. The first-order valence-electron chi connectivity index (χ1n) is 13.6. The first-order chi connectivity index (χ1) is 18.5. The van der Waals surface area contributed by atoms with E-state index in [-0.39, 0.29) is 25.0 Å².